The van der Waals surface area contributed by atoms with Crippen LogP contribution in [0.3, 0.4) is 0 Å². The van der Waals surface area contributed by atoms with Crippen molar-refractivity contribution in [2.24, 2.45) is 5.92 Å². The Hall–Kier alpha value is -1.13. The average Bonchev–Trinajstić information content (AvgIpc) is 2.38. The maximum Gasteiger partial charge on any atom is 0.212 e. The van der Waals surface area contributed by atoms with Crippen LogP contribution < -0.4 is 10.1 Å². The molecular formula is C14H24N2O2. The van der Waals surface area contributed by atoms with Crippen molar-refractivity contribution in [1.29, 1.82) is 0 Å². The summed E-state index contributed by atoms with van der Waals surface area (Å²) in [6.07, 6.45) is 2.95. The molecule has 0 amide bonds. The van der Waals surface area contributed by atoms with Gasteiger partial charge < -0.3 is 14.8 Å². The van der Waals surface area contributed by atoms with Gasteiger partial charge in [-0.2, -0.15) is 0 Å². The quantitative estimate of drug-likeness (QED) is 0.685. The van der Waals surface area contributed by atoms with E-state index in [2.05, 4.69) is 24.1 Å². The molecule has 4 heteroatoms. The van der Waals surface area contributed by atoms with Crippen molar-refractivity contribution in [3.63, 3.8) is 0 Å². The molecule has 0 bridgehead atoms. The molecular weight excluding hydrogens is 228 g/mol. The molecule has 0 saturated carbocycles. The molecule has 1 rings (SSSR count). The van der Waals surface area contributed by atoms with Gasteiger partial charge >= 0.3 is 0 Å². The molecule has 0 atom stereocenters. The van der Waals surface area contributed by atoms with Gasteiger partial charge in [0.05, 0.1) is 13.7 Å². The second-order valence-electron chi connectivity index (χ2n) is 4.68. The predicted octanol–water partition coefficient (Wildman–Crippen LogP) is 2.24. The van der Waals surface area contributed by atoms with Crippen LogP contribution in [0.15, 0.2) is 18.3 Å². The number of aromatic nitrogens is 1. The predicted molar refractivity (Wildman–Crippen MR) is 72.8 cm³/mol. The summed E-state index contributed by atoms with van der Waals surface area (Å²) in [6, 6.07) is 3.88. The lowest BCUT2D eigenvalue weighted by Crippen LogP contribution is -2.19. The Morgan fingerprint density at radius 3 is 2.72 bits per heavy atom. The van der Waals surface area contributed by atoms with Crippen molar-refractivity contribution in [1.82, 2.24) is 10.3 Å². The summed E-state index contributed by atoms with van der Waals surface area (Å²) in [5.74, 6) is 1.36. The molecule has 0 fully saturated rings. The van der Waals surface area contributed by atoms with Crippen LogP contribution in [-0.2, 0) is 11.3 Å². The number of hydrogen-bond donors (Lipinski definition) is 1. The van der Waals surface area contributed by atoms with Crippen molar-refractivity contribution in [2.45, 2.75) is 26.8 Å². The molecule has 1 N–H and O–H groups in total. The SMILES string of the molecule is COc1ccc(CNCCOCCC(C)C)cn1. The van der Waals surface area contributed by atoms with Gasteiger partial charge in [-0.1, -0.05) is 19.9 Å². The van der Waals surface area contributed by atoms with Gasteiger partial charge in [-0.05, 0) is 17.9 Å². The fourth-order valence-electron chi connectivity index (χ4n) is 1.43. The van der Waals surface area contributed by atoms with E-state index in [1.807, 2.05) is 18.3 Å². The minimum absolute atomic E-state index is 0.649. The molecule has 102 valence electrons. The van der Waals surface area contributed by atoms with Crippen molar-refractivity contribution in [2.75, 3.05) is 26.9 Å². The van der Waals surface area contributed by atoms with Crippen LogP contribution in [0.5, 0.6) is 5.88 Å². The van der Waals surface area contributed by atoms with Gasteiger partial charge in [0.15, 0.2) is 0 Å². The Balaban J connectivity index is 2.03. The molecule has 1 heterocycles. The lowest BCUT2D eigenvalue weighted by molar-refractivity contribution is 0.125. The lowest BCUT2D eigenvalue weighted by atomic mass is 10.1. The van der Waals surface area contributed by atoms with E-state index in [1.165, 1.54) is 0 Å². The summed E-state index contributed by atoms with van der Waals surface area (Å²) in [7, 11) is 1.62. The highest BCUT2D eigenvalue weighted by Gasteiger charge is 1.96. The van der Waals surface area contributed by atoms with Crippen molar-refractivity contribution in [3.05, 3.63) is 23.9 Å². The van der Waals surface area contributed by atoms with E-state index in [1.54, 1.807) is 7.11 Å². The van der Waals surface area contributed by atoms with Crippen molar-refractivity contribution < 1.29 is 9.47 Å². The van der Waals surface area contributed by atoms with E-state index in [9.17, 15) is 0 Å². The topological polar surface area (TPSA) is 43.4 Å². The van der Waals surface area contributed by atoms with Crippen molar-refractivity contribution >= 4 is 0 Å². The zero-order valence-electron chi connectivity index (χ0n) is 11.6. The monoisotopic (exact) mass is 252 g/mol. The Morgan fingerprint density at radius 1 is 1.28 bits per heavy atom. The Kier molecular flexibility index (Phi) is 7.37. The third kappa shape index (κ3) is 6.57. The van der Waals surface area contributed by atoms with E-state index in [-0.39, 0.29) is 0 Å². The number of methoxy groups -OCH3 is 1. The minimum atomic E-state index is 0.649. The Morgan fingerprint density at radius 2 is 2.11 bits per heavy atom. The zero-order chi connectivity index (χ0) is 13.2. The van der Waals surface area contributed by atoms with Gasteiger partial charge in [0.1, 0.15) is 0 Å². The number of ether oxygens (including phenoxy) is 2. The van der Waals surface area contributed by atoms with Crippen molar-refractivity contribution in [3.8, 4) is 5.88 Å². The second kappa shape index (κ2) is 8.89. The first-order valence-corrected chi connectivity index (χ1v) is 6.49. The van der Waals surface area contributed by atoms with E-state index in [0.717, 1.165) is 38.3 Å². The van der Waals surface area contributed by atoms with Crippen LogP contribution in [0.25, 0.3) is 0 Å². The fourth-order valence-corrected chi connectivity index (χ4v) is 1.43. The van der Waals surface area contributed by atoms with Crippen LogP contribution in [0.2, 0.25) is 0 Å². The van der Waals surface area contributed by atoms with E-state index >= 15 is 0 Å². The largest absolute Gasteiger partial charge is 0.481 e. The summed E-state index contributed by atoms with van der Waals surface area (Å²) in [4.78, 5) is 4.15. The van der Waals surface area contributed by atoms with E-state index < -0.39 is 0 Å². The van der Waals surface area contributed by atoms with Gasteiger partial charge in [0.2, 0.25) is 5.88 Å². The van der Waals surface area contributed by atoms with Crippen LogP contribution in [0.4, 0.5) is 0 Å². The summed E-state index contributed by atoms with van der Waals surface area (Å²) in [6.45, 7) is 7.70. The fraction of sp³-hybridized carbons (Fsp3) is 0.643. The van der Waals surface area contributed by atoms with E-state index in [4.69, 9.17) is 9.47 Å². The highest BCUT2D eigenvalue weighted by Crippen LogP contribution is 2.05. The van der Waals surface area contributed by atoms with Crippen LogP contribution >= 0.6 is 0 Å². The molecule has 0 unspecified atom stereocenters. The third-order valence-corrected chi connectivity index (χ3v) is 2.60. The molecule has 4 nitrogen and oxygen atoms in total. The maximum atomic E-state index is 5.52. The lowest BCUT2D eigenvalue weighted by Gasteiger charge is -2.08. The van der Waals surface area contributed by atoms with Gasteiger partial charge in [-0.3, -0.25) is 0 Å². The summed E-state index contributed by atoms with van der Waals surface area (Å²) in [5.41, 5.74) is 1.15. The molecule has 0 spiro atoms. The van der Waals surface area contributed by atoms with Crippen LogP contribution in [0.1, 0.15) is 25.8 Å². The van der Waals surface area contributed by atoms with E-state index in [0.29, 0.717) is 11.8 Å². The standard InChI is InChI=1S/C14H24N2O2/c1-12(2)6-8-18-9-7-15-10-13-4-5-14(17-3)16-11-13/h4-5,11-12,15H,6-10H2,1-3H3. The summed E-state index contributed by atoms with van der Waals surface area (Å²) < 4.78 is 10.5. The number of nitrogens with one attached hydrogen (secondary N) is 1. The molecule has 0 aliphatic heterocycles. The van der Waals surface area contributed by atoms with Gasteiger partial charge in [0.25, 0.3) is 0 Å². The maximum absolute atomic E-state index is 5.52. The molecule has 18 heavy (non-hydrogen) atoms. The Bertz CT molecular complexity index is 312. The van der Waals surface area contributed by atoms with Gasteiger partial charge in [0, 0.05) is 32.0 Å². The average molecular weight is 252 g/mol. The van der Waals surface area contributed by atoms with Gasteiger partial charge in [-0.25, -0.2) is 4.98 Å². The summed E-state index contributed by atoms with van der Waals surface area (Å²) >= 11 is 0. The Labute approximate surface area is 110 Å². The molecule has 0 saturated heterocycles. The number of rotatable bonds is 9. The minimum Gasteiger partial charge on any atom is -0.481 e. The van der Waals surface area contributed by atoms with Gasteiger partial charge in [-0.15, -0.1) is 0 Å². The molecule has 0 aliphatic carbocycles. The third-order valence-electron chi connectivity index (χ3n) is 2.60. The van der Waals surface area contributed by atoms with Crippen LogP contribution in [-0.4, -0.2) is 31.9 Å². The second-order valence-corrected chi connectivity index (χ2v) is 4.68. The first-order chi connectivity index (χ1) is 8.72. The highest BCUT2D eigenvalue weighted by atomic mass is 16.5. The number of nitrogens with zero attached hydrogens (tertiary/aromatic N) is 1. The molecule has 1 aromatic rings. The first-order valence-electron chi connectivity index (χ1n) is 6.49. The molecule has 0 radical (unpaired) electrons. The first kappa shape index (κ1) is 14.9. The molecule has 1 aromatic heterocycles. The smallest absolute Gasteiger partial charge is 0.212 e. The zero-order valence-corrected chi connectivity index (χ0v) is 11.6. The highest BCUT2D eigenvalue weighted by molar-refractivity contribution is 5.17. The molecule has 0 aliphatic rings. The molecule has 0 aromatic carbocycles. The summed E-state index contributed by atoms with van der Waals surface area (Å²) in [5, 5.41) is 3.32. The number of pyridine rings is 1. The normalized spacial score (nSPS) is 10.9. The number of hydrogen-bond acceptors (Lipinski definition) is 4. The van der Waals surface area contributed by atoms with Crippen LogP contribution in [0, 0.1) is 5.92 Å².